The van der Waals surface area contributed by atoms with Crippen LogP contribution in [0.3, 0.4) is 0 Å². The quantitative estimate of drug-likeness (QED) is 0.808. The largest absolute Gasteiger partial charge is 0.336 e. The van der Waals surface area contributed by atoms with E-state index >= 15 is 0 Å². The molecule has 0 unspecified atom stereocenters. The van der Waals surface area contributed by atoms with Crippen molar-refractivity contribution >= 4 is 17.7 Å². The average molecular weight is 306 g/mol. The Morgan fingerprint density at radius 3 is 2.90 bits per heavy atom. The molecule has 21 heavy (non-hydrogen) atoms. The van der Waals surface area contributed by atoms with E-state index in [9.17, 15) is 9.18 Å². The molecule has 0 atom stereocenters. The number of hydrogen-bond acceptors (Lipinski definition) is 3. The zero-order valence-corrected chi connectivity index (χ0v) is 13.1. The summed E-state index contributed by atoms with van der Waals surface area (Å²) in [5.41, 5.74) is 5.91. The molecule has 0 aromatic heterocycles. The second kappa shape index (κ2) is 6.50. The van der Waals surface area contributed by atoms with E-state index in [1.165, 1.54) is 12.1 Å². The summed E-state index contributed by atoms with van der Waals surface area (Å²) >= 11 is 1.85. The minimum Gasteiger partial charge on any atom is -0.336 e. The Kier molecular flexibility index (Phi) is 4.92. The first-order valence-corrected chi connectivity index (χ1v) is 7.83. The van der Waals surface area contributed by atoms with Gasteiger partial charge in [0, 0.05) is 29.2 Å². The molecular weight excluding hydrogens is 287 g/mol. The van der Waals surface area contributed by atoms with E-state index in [0.29, 0.717) is 18.7 Å². The van der Waals surface area contributed by atoms with Crippen molar-refractivity contribution in [2.75, 3.05) is 25.4 Å². The summed E-state index contributed by atoms with van der Waals surface area (Å²) < 4.78 is 14.0. The van der Waals surface area contributed by atoms with E-state index in [1.807, 2.05) is 11.8 Å². The maximum absolute atomic E-state index is 13.9. The summed E-state index contributed by atoms with van der Waals surface area (Å²) in [5, 5.41) is 0. The highest BCUT2D eigenvalue weighted by atomic mass is 32.2. The summed E-state index contributed by atoms with van der Waals surface area (Å²) in [6.45, 7) is 5.78. The Morgan fingerprint density at radius 2 is 2.29 bits per heavy atom. The highest BCUT2D eigenvalue weighted by molar-refractivity contribution is 8.00. The van der Waals surface area contributed by atoms with Gasteiger partial charge in [-0.15, -0.1) is 0 Å². The number of thioether (sulfide) groups is 1. The topological polar surface area (TPSA) is 46.3 Å². The van der Waals surface area contributed by atoms with Crippen molar-refractivity contribution in [1.29, 1.82) is 0 Å². The second-order valence-electron chi connectivity index (χ2n) is 5.54. The Labute approximate surface area is 129 Å². The van der Waals surface area contributed by atoms with Gasteiger partial charge < -0.3 is 10.6 Å². The smallest absolute Gasteiger partial charge is 0.254 e. The van der Waals surface area contributed by atoms with Crippen LogP contribution in [0.1, 0.15) is 29.8 Å². The number of hydrogen-bond donors (Lipinski definition) is 1. The van der Waals surface area contributed by atoms with Gasteiger partial charge in [-0.25, -0.2) is 4.39 Å². The molecule has 1 aromatic rings. The Balaban J connectivity index is 2.18. The molecule has 1 aromatic carbocycles. The maximum Gasteiger partial charge on any atom is 0.254 e. The van der Waals surface area contributed by atoms with Crippen LogP contribution in [0, 0.1) is 17.7 Å². The van der Waals surface area contributed by atoms with Crippen LogP contribution in [-0.2, 0) is 0 Å². The van der Waals surface area contributed by atoms with E-state index in [-0.39, 0.29) is 22.8 Å². The number of halogens is 1. The summed E-state index contributed by atoms with van der Waals surface area (Å²) in [5.74, 6) is 5.56. The summed E-state index contributed by atoms with van der Waals surface area (Å²) in [7, 11) is 0. The maximum atomic E-state index is 13.9. The van der Waals surface area contributed by atoms with Gasteiger partial charge >= 0.3 is 0 Å². The standard InChI is InChI=1S/C16H19FN2OS/c1-16(2)11-19(8-9-21-16)15(20)13-6-5-12(4-3-7-18)14(17)10-13/h5-6,10H,7-9,11,18H2,1-2H3. The summed E-state index contributed by atoms with van der Waals surface area (Å²) in [4.78, 5) is 14.2. The Bertz CT molecular complexity index is 604. The fraction of sp³-hybridized carbons (Fsp3) is 0.438. The van der Waals surface area contributed by atoms with Crippen LogP contribution >= 0.6 is 11.8 Å². The van der Waals surface area contributed by atoms with E-state index in [0.717, 1.165) is 5.75 Å². The van der Waals surface area contributed by atoms with Crippen LogP contribution in [0.5, 0.6) is 0 Å². The number of rotatable bonds is 1. The van der Waals surface area contributed by atoms with E-state index in [2.05, 4.69) is 25.7 Å². The van der Waals surface area contributed by atoms with Crippen molar-refractivity contribution in [1.82, 2.24) is 4.90 Å². The molecule has 0 radical (unpaired) electrons. The lowest BCUT2D eigenvalue weighted by Gasteiger charge is -2.37. The monoisotopic (exact) mass is 306 g/mol. The molecule has 1 aliphatic heterocycles. The normalized spacial score (nSPS) is 17.0. The second-order valence-corrected chi connectivity index (χ2v) is 7.34. The minimum absolute atomic E-state index is 0.0407. The first-order chi connectivity index (χ1) is 9.93. The number of nitrogens with zero attached hydrogens (tertiary/aromatic N) is 1. The zero-order valence-electron chi connectivity index (χ0n) is 12.3. The SMILES string of the molecule is CC1(C)CN(C(=O)c2ccc(C#CCN)c(F)c2)CCS1. The Morgan fingerprint density at radius 1 is 1.52 bits per heavy atom. The lowest BCUT2D eigenvalue weighted by molar-refractivity contribution is 0.0747. The van der Waals surface area contributed by atoms with Crippen molar-refractivity contribution in [2.24, 2.45) is 5.73 Å². The van der Waals surface area contributed by atoms with Crippen LogP contribution in [0.25, 0.3) is 0 Å². The molecule has 1 amide bonds. The molecule has 2 rings (SSSR count). The van der Waals surface area contributed by atoms with Gasteiger partial charge in [-0.1, -0.05) is 11.8 Å². The fourth-order valence-electron chi connectivity index (χ4n) is 2.27. The average Bonchev–Trinajstić information content (AvgIpc) is 2.44. The minimum atomic E-state index is -0.479. The lowest BCUT2D eigenvalue weighted by atomic mass is 10.1. The van der Waals surface area contributed by atoms with Gasteiger partial charge in [0.15, 0.2) is 0 Å². The van der Waals surface area contributed by atoms with Crippen LogP contribution in [-0.4, -0.2) is 40.9 Å². The molecule has 1 fully saturated rings. The predicted octanol–water partition coefficient (Wildman–Crippen LogP) is 2.10. The third-order valence-electron chi connectivity index (χ3n) is 3.25. The zero-order chi connectivity index (χ0) is 15.5. The van der Waals surface area contributed by atoms with Gasteiger partial charge in [-0.3, -0.25) is 4.79 Å². The molecule has 0 saturated carbocycles. The van der Waals surface area contributed by atoms with Gasteiger partial charge in [0.1, 0.15) is 5.82 Å². The molecule has 0 bridgehead atoms. The van der Waals surface area contributed by atoms with Crippen LogP contribution < -0.4 is 5.73 Å². The molecular formula is C16H19FN2OS. The van der Waals surface area contributed by atoms with Crippen LogP contribution in [0.15, 0.2) is 18.2 Å². The molecule has 5 heteroatoms. The van der Waals surface area contributed by atoms with Crippen molar-refractivity contribution in [3.05, 3.63) is 35.1 Å². The third kappa shape index (κ3) is 3.99. The van der Waals surface area contributed by atoms with E-state index in [4.69, 9.17) is 5.73 Å². The molecule has 1 heterocycles. The van der Waals surface area contributed by atoms with Gasteiger partial charge in [0.2, 0.25) is 0 Å². The summed E-state index contributed by atoms with van der Waals surface area (Å²) in [6.07, 6.45) is 0. The van der Waals surface area contributed by atoms with Crippen molar-refractivity contribution in [3.63, 3.8) is 0 Å². The van der Waals surface area contributed by atoms with Crippen LogP contribution in [0.2, 0.25) is 0 Å². The lowest BCUT2D eigenvalue weighted by Crippen LogP contribution is -2.46. The number of benzene rings is 1. The third-order valence-corrected chi connectivity index (χ3v) is 4.55. The Hall–Kier alpha value is -1.51. The predicted molar refractivity (Wildman–Crippen MR) is 84.8 cm³/mol. The molecule has 2 N–H and O–H groups in total. The summed E-state index contributed by atoms with van der Waals surface area (Å²) in [6, 6.07) is 4.42. The van der Waals surface area contributed by atoms with Gasteiger partial charge in [0.25, 0.3) is 5.91 Å². The molecule has 112 valence electrons. The molecule has 0 aliphatic carbocycles. The number of amides is 1. The number of carbonyl (C=O) groups excluding carboxylic acids is 1. The first-order valence-electron chi connectivity index (χ1n) is 6.85. The van der Waals surface area contributed by atoms with Crippen molar-refractivity contribution < 1.29 is 9.18 Å². The first kappa shape index (κ1) is 15.9. The van der Waals surface area contributed by atoms with Crippen LogP contribution in [0.4, 0.5) is 4.39 Å². The highest BCUT2D eigenvalue weighted by Gasteiger charge is 2.30. The van der Waals surface area contributed by atoms with Gasteiger partial charge in [-0.2, -0.15) is 11.8 Å². The highest BCUT2D eigenvalue weighted by Crippen LogP contribution is 2.30. The molecule has 3 nitrogen and oxygen atoms in total. The molecule has 1 saturated heterocycles. The van der Waals surface area contributed by atoms with Crippen molar-refractivity contribution in [2.45, 2.75) is 18.6 Å². The molecule has 1 aliphatic rings. The van der Waals surface area contributed by atoms with Gasteiger partial charge in [-0.05, 0) is 32.0 Å². The van der Waals surface area contributed by atoms with E-state index < -0.39 is 5.82 Å². The number of carbonyl (C=O) groups is 1. The van der Waals surface area contributed by atoms with Crippen molar-refractivity contribution in [3.8, 4) is 11.8 Å². The van der Waals surface area contributed by atoms with Gasteiger partial charge in [0.05, 0.1) is 12.1 Å². The number of nitrogens with two attached hydrogens (primary N) is 1. The fourth-order valence-corrected chi connectivity index (χ4v) is 3.38. The van der Waals surface area contributed by atoms with E-state index in [1.54, 1.807) is 11.0 Å². The molecule has 0 spiro atoms.